The van der Waals surface area contributed by atoms with Crippen LogP contribution in [0.1, 0.15) is 0 Å². The Labute approximate surface area is 164 Å². The Morgan fingerprint density at radius 2 is 1.32 bits per heavy atom. The molecule has 0 amide bonds. The number of aliphatic imine (C=N–C) groups is 1. The highest BCUT2D eigenvalue weighted by Gasteiger charge is 2.02. The van der Waals surface area contributed by atoms with Gasteiger partial charge in [0.05, 0.1) is 11.9 Å². The minimum atomic E-state index is 0.442. The fourth-order valence-electron chi connectivity index (χ4n) is 2.75. The summed E-state index contributed by atoms with van der Waals surface area (Å²) in [5, 5.41) is 2.28. The maximum atomic E-state index is 6.05. The van der Waals surface area contributed by atoms with Crippen molar-refractivity contribution in [2.75, 3.05) is 0 Å². The van der Waals surface area contributed by atoms with Gasteiger partial charge < -0.3 is 9.47 Å². The maximum absolute atomic E-state index is 6.05. The first kappa shape index (κ1) is 17.6. The fourth-order valence-corrected chi connectivity index (χ4v) is 2.75. The molecule has 0 heterocycles. The minimum absolute atomic E-state index is 0.442. The lowest BCUT2D eigenvalue weighted by Gasteiger charge is -2.07. The average Bonchev–Trinajstić information content (AvgIpc) is 2.75. The number of hydrogen-bond acceptors (Lipinski definition) is 3. The number of para-hydroxylation sites is 2. The largest absolute Gasteiger partial charge is 0.465 e. The lowest BCUT2D eigenvalue weighted by molar-refractivity contribution is 0.479. The summed E-state index contributed by atoms with van der Waals surface area (Å²) in [6.45, 7) is 0. The SMILES string of the molecule is C(=C\C(=Nc1ccccc1)Oc1ccc2ccccc2c1)/Oc1ccccc1. The number of fused-ring (bicyclic) bond motifs is 1. The Morgan fingerprint density at radius 3 is 2.11 bits per heavy atom. The third kappa shape index (κ3) is 4.65. The normalized spacial score (nSPS) is 11.6. The molecule has 0 bridgehead atoms. The summed E-state index contributed by atoms with van der Waals surface area (Å²) in [5.41, 5.74) is 0.808. The second-order valence-electron chi connectivity index (χ2n) is 6.13. The van der Waals surface area contributed by atoms with E-state index in [2.05, 4.69) is 17.1 Å². The van der Waals surface area contributed by atoms with Crippen LogP contribution in [0, 0.1) is 0 Å². The molecule has 0 fully saturated rings. The van der Waals surface area contributed by atoms with Crippen molar-refractivity contribution in [1.82, 2.24) is 0 Å². The van der Waals surface area contributed by atoms with E-state index in [0.29, 0.717) is 5.90 Å². The lowest BCUT2D eigenvalue weighted by Crippen LogP contribution is -2.05. The predicted octanol–water partition coefficient (Wildman–Crippen LogP) is 6.54. The zero-order valence-corrected chi connectivity index (χ0v) is 15.2. The first-order valence-corrected chi connectivity index (χ1v) is 9.05. The van der Waals surface area contributed by atoms with E-state index in [9.17, 15) is 0 Å². The molecule has 136 valence electrons. The molecule has 0 aliphatic rings. The average molecular weight is 365 g/mol. The van der Waals surface area contributed by atoms with Gasteiger partial charge in [-0.3, -0.25) is 0 Å². The van der Waals surface area contributed by atoms with Crippen LogP contribution in [0.15, 0.2) is 120 Å². The highest BCUT2D eigenvalue weighted by atomic mass is 16.5. The van der Waals surface area contributed by atoms with Crippen LogP contribution in [0.4, 0.5) is 5.69 Å². The molecule has 0 saturated heterocycles. The Hall–Kier alpha value is -3.85. The molecule has 4 rings (SSSR count). The van der Waals surface area contributed by atoms with Gasteiger partial charge in [0.1, 0.15) is 11.5 Å². The molecule has 0 atom stereocenters. The van der Waals surface area contributed by atoms with Crippen molar-refractivity contribution < 1.29 is 9.47 Å². The van der Waals surface area contributed by atoms with E-state index in [-0.39, 0.29) is 0 Å². The minimum Gasteiger partial charge on any atom is -0.465 e. The van der Waals surface area contributed by atoms with Crippen molar-refractivity contribution in [3.05, 3.63) is 115 Å². The lowest BCUT2D eigenvalue weighted by atomic mass is 10.1. The topological polar surface area (TPSA) is 30.8 Å². The smallest absolute Gasteiger partial charge is 0.222 e. The Morgan fingerprint density at radius 1 is 0.643 bits per heavy atom. The monoisotopic (exact) mass is 365 g/mol. The summed E-state index contributed by atoms with van der Waals surface area (Å²) in [7, 11) is 0. The molecule has 3 nitrogen and oxygen atoms in total. The van der Waals surface area contributed by atoms with Crippen molar-refractivity contribution >= 4 is 22.4 Å². The van der Waals surface area contributed by atoms with Crippen molar-refractivity contribution in [3.63, 3.8) is 0 Å². The quantitative estimate of drug-likeness (QED) is 0.228. The van der Waals surface area contributed by atoms with Gasteiger partial charge >= 0.3 is 0 Å². The van der Waals surface area contributed by atoms with Crippen LogP contribution >= 0.6 is 0 Å². The van der Waals surface area contributed by atoms with Crippen molar-refractivity contribution in [2.24, 2.45) is 4.99 Å². The molecule has 0 spiro atoms. The van der Waals surface area contributed by atoms with Gasteiger partial charge in [-0.2, -0.15) is 0 Å². The molecular weight excluding hydrogens is 346 g/mol. The van der Waals surface area contributed by atoms with Gasteiger partial charge in [-0.1, -0.05) is 66.7 Å². The molecule has 0 aliphatic carbocycles. The standard InChI is InChI=1S/C25H19NO2/c1-3-11-22(12-4-1)26-25(17-18-27-23-13-5-2-6-14-23)28-24-16-15-20-9-7-8-10-21(20)19-24/h1-19H/b18-17+,26-25?. The van der Waals surface area contributed by atoms with Gasteiger partial charge in [-0.25, -0.2) is 4.99 Å². The second kappa shape index (κ2) is 8.69. The van der Waals surface area contributed by atoms with Gasteiger partial charge in [-0.05, 0) is 47.2 Å². The molecule has 0 aliphatic heterocycles. The molecule has 0 saturated carbocycles. The van der Waals surface area contributed by atoms with Gasteiger partial charge in [0.25, 0.3) is 0 Å². The van der Waals surface area contributed by atoms with Crippen LogP contribution in [0.2, 0.25) is 0 Å². The molecule has 3 heteroatoms. The number of ether oxygens (including phenoxy) is 2. The van der Waals surface area contributed by atoms with Crippen LogP contribution in [-0.4, -0.2) is 5.90 Å². The molecular formula is C25H19NO2. The third-order valence-electron chi connectivity index (χ3n) is 4.10. The number of hydrogen-bond donors (Lipinski definition) is 0. The van der Waals surface area contributed by atoms with Crippen molar-refractivity contribution in [3.8, 4) is 11.5 Å². The Kier molecular flexibility index (Phi) is 5.45. The highest BCUT2D eigenvalue weighted by molar-refractivity contribution is 5.92. The van der Waals surface area contributed by atoms with Crippen LogP contribution in [0.25, 0.3) is 10.8 Å². The van der Waals surface area contributed by atoms with Gasteiger partial charge in [0.2, 0.25) is 5.90 Å². The number of benzene rings is 4. The van der Waals surface area contributed by atoms with E-state index in [4.69, 9.17) is 9.47 Å². The van der Waals surface area contributed by atoms with E-state index < -0.39 is 0 Å². The molecule has 4 aromatic rings. The molecule has 28 heavy (non-hydrogen) atoms. The van der Waals surface area contributed by atoms with Gasteiger partial charge in [-0.15, -0.1) is 0 Å². The summed E-state index contributed by atoms with van der Waals surface area (Å²) in [6, 6.07) is 33.4. The van der Waals surface area contributed by atoms with Crippen LogP contribution in [0.3, 0.4) is 0 Å². The Balaban J connectivity index is 1.59. The summed E-state index contributed by atoms with van der Waals surface area (Å²) < 4.78 is 11.7. The molecule has 0 radical (unpaired) electrons. The molecule has 4 aromatic carbocycles. The van der Waals surface area contributed by atoms with Gasteiger partial charge in [0.15, 0.2) is 0 Å². The summed E-state index contributed by atoms with van der Waals surface area (Å²) in [6.07, 6.45) is 3.30. The first-order valence-electron chi connectivity index (χ1n) is 9.05. The summed E-state index contributed by atoms with van der Waals surface area (Å²) in [4.78, 5) is 4.59. The number of rotatable bonds is 5. The fraction of sp³-hybridized carbons (Fsp3) is 0. The van der Waals surface area contributed by atoms with Crippen LogP contribution in [0.5, 0.6) is 11.5 Å². The van der Waals surface area contributed by atoms with E-state index in [1.165, 1.54) is 5.39 Å². The molecule has 0 unspecified atom stereocenters. The first-order chi connectivity index (χ1) is 13.9. The van der Waals surface area contributed by atoms with Crippen molar-refractivity contribution in [2.45, 2.75) is 0 Å². The Bertz CT molecular complexity index is 1100. The second-order valence-corrected chi connectivity index (χ2v) is 6.13. The zero-order chi connectivity index (χ0) is 19.0. The van der Waals surface area contributed by atoms with Crippen LogP contribution < -0.4 is 9.47 Å². The third-order valence-corrected chi connectivity index (χ3v) is 4.10. The predicted molar refractivity (Wildman–Crippen MR) is 114 cm³/mol. The van der Waals surface area contributed by atoms with Crippen LogP contribution in [-0.2, 0) is 0 Å². The highest BCUT2D eigenvalue weighted by Crippen LogP contribution is 2.22. The molecule has 0 aromatic heterocycles. The van der Waals surface area contributed by atoms with E-state index >= 15 is 0 Å². The van der Waals surface area contributed by atoms with Crippen molar-refractivity contribution in [1.29, 1.82) is 0 Å². The zero-order valence-electron chi connectivity index (χ0n) is 15.2. The molecule has 0 N–H and O–H groups in total. The van der Waals surface area contributed by atoms with E-state index in [1.807, 2.05) is 91.0 Å². The maximum Gasteiger partial charge on any atom is 0.222 e. The van der Waals surface area contributed by atoms with Gasteiger partial charge in [0, 0.05) is 6.08 Å². The summed E-state index contributed by atoms with van der Waals surface area (Å²) >= 11 is 0. The van der Waals surface area contributed by atoms with E-state index in [0.717, 1.165) is 22.6 Å². The van der Waals surface area contributed by atoms with E-state index in [1.54, 1.807) is 12.3 Å². The summed E-state index contributed by atoms with van der Waals surface area (Å²) in [5.74, 6) is 1.92. The number of nitrogens with zero attached hydrogens (tertiary/aromatic N) is 1.